The van der Waals surface area contributed by atoms with Gasteiger partial charge < -0.3 is 10.0 Å². The van der Waals surface area contributed by atoms with E-state index in [0.29, 0.717) is 12.0 Å². The quantitative estimate of drug-likeness (QED) is 0.896. The molecule has 0 aromatic carbocycles. The van der Waals surface area contributed by atoms with Gasteiger partial charge in [-0.15, -0.1) is 0 Å². The number of rotatable bonds is 4. The van der Waals surface area contributed by atoms with E-state index >= 15 is 0 Å². The zero-order chi connectivity index (χ0) is 13.7. The van der Waals surface area contributed by atoms with Crippen LogP contribution in [0.5, 0.6) is 0 Å². The Balaban J connectivity index is 2.14. The van der Waals surface area contributed by atoms with Crippen molar-refractivity contribution in [3.8, 4) is 6.07 Å². The Morgan fingerprint density at radius 3 is 3.16 bits per heavy atom. The lowest BCUT2D eigenvalue weighted by molar-refractivity contribution is -0.137. The minimum Gasteiger partial charge on any atom is -0.481 e. The molecule has 0 radical (unpaired) electrons. The van der Waals surface area contributed by atoms with Crippen LogP contribution in [0.25, 0.3) is 0 Å². The Hall–Kier alpha value is -2.09. The second-order valence-electron chi connectivity index (χ2n) is 4.79. The maximum atomic E-state index is 10.7. The smallest absolute Gasteiger partial charge is 0.303 e. The largest absolute Gasteiger partial charge is 0.481 e. The summed E-state index contributed by atoms with van der Waals surface area (Å²) in [6.07, 6.45) is 5.65. The van der Waals surface area contributed by atoms with Crippen molar-refractivity contribution in [2.24, 2.45) is 0 Å². The second-order valence-corrected chi connectivity index (χ2v) is 4.79. The van der Waals surface area contributed by atoms with Gasteiger partial charge in [-0.3, -0.25) is 4.79 Å². The minimum absolute atomic E-state index is 0.180. The second kappa shape index (κ2) is 6.19. The van der Waals surface area contributed by atoms with Crippen molar-refractivity contribution >= 4 is 11.8 Å². The predicted molar refractivity (Wildman–Crippen MR) is 70.8 cm³/mol. The first-order valence-electron chi connectivity index (χ1n) is 6.55. The summed E-state index contributed by atoms with van der Waals surface area (Å²) in [5, 5.41) is 17.7. The van der Waals surface area contributed by atoms with Gasteiger partial charge in [0.25, 0.3) is 0 Å². The molecule has 2 rings (SSSR count). The standard InChI is InChI=1S/C14H17N3O2/c15-10-11-6-7-16-13(9-11)17-8-2-1-3-12(17)4-5-14(18)19/h6-7,9,12H,1-5,8H2,(H,18,19). The highest BCUT2D eigenvalue weighted by molar-refractivity contribution is 5.66. The Labute approximate surface area is 112 Å². The van der Waals surface area contributed by atoms with Crippen LogP contribution in [0, 0.1) is 11.3 Å². The van der Waals surface area contributed by atoms with E-state index < -0.39 is 5.97 Å². The highest BCUT2D eigenvalue weighted by atomic mass is 16.4. The van der Waals surface area contributed by atoms with Crippen molar-refractivity contribution in [1.82, 2.24) is 4.98 Å². The number of carboxylic acid groups (broad SMARTS) is 1. The van der Waals surface area contributed by atoms with E-state index in [4.69, 9.17) is 10.4 Å². The average Bonchev–Trinajstić information content (AvgIpc) is 2.45. The molecule has 1 aliphatic heterocycles. The average molecular weight is 259 g/mol. The molecule has 2 heterocycles. The topological polar surface area (TPSA) is 77.2 Å². The van der Waals surface area contributed by atoms with Crippen LogP contribution >= 0.6 is 0 Å². The lowest BCUT2D eigenvalue weighted by Crippen LogP contribution is -2.40. The molecule has 1 unspecified atom stereocenters. The summed E-state index contributed by atoms with van der Waals surface area (Å²) in [4.78, 5) is 17.2. The number of anilines is 1. The molecule has 0 saturated carbocycles. The normalized spacial score (nSPS) is 18.9. The van der Waals surface area contributed by atoms with Gasteiger partial charge in [0.05, 0.1) is 11.6 Å². The van der Waals surface area contributed by atoms with Crippen LogP contribution in [0.4, 0.5) is 5.82 Å². The number of nitriles is 1. The highest BCUT2D eigenvalue weighted by Crippen LogP contribution is 2.26. The molecule has 1 atom stereocenters. The summed E-state index contributed by atoms with van der Waals surface area (Å²) in [7, 11) is 0. The molecule has 0 spiro atoms. The summed E-state index contributed by atoms with van der Waals surface area (Å²) in [5.74, 6) is 0.0263. The Morgan fingerprint density at radius 2 is 2.42 bits per heavy atom. The van der Waals surface area contributed by atoms with Crippen LogP contribution in [0.15, 0.2) is 18.3 Å². The third kappa shape index (κ3) is 3.44. The molecule has 0 amide bonds. The van der Waals surface area contributed by atoms with Crippen LogP contribution in [0.3, 0.4) is 0 Å². The molecular weight excluding hydrogens is 242 g/mol. The number of carbonyl (C=O) groups is 1. The number of hydrogen-bond donors (Lipinski definition) is 1. The van der Waals surface area contributed by atoms with Crippen molar-refractivity contribution in [1.29, 1.82) is 5.26 Å². The van der Waals surface area contributed by atoms with Gasteiger partial charge in [0.15, 0.2) is 0 Å². The first-order chi connectivity index (χ1) is 9.20. The molecule has 19 heavy (non-hydrogen) atoms. The van der Waals surface area contributed by atoms with Gasteiger partial charge in [0, 0.05) is 25.2 Å². The van der Waals surface area contributed by atoms with Gasteiger partial charge in [-0.05, 0) is 37.8 Å². The zero-order valence-corrected chi connectivity index (χ0v) is 10.7. The van der Waals surface area contributed by atoms with Crippen molar-refractivity contribution < 1.29 is 9.90 Å². The van der Waals surface area contributed by atoms with Crippen molar-refractivity contribution in [3.63, 3.8) is 0 Å². The number of hydrogen-bond acceptors (Lipinski definition) is 4. The number of aliphatic carboxylic acids is 1. The first-order valence-corrected chi connectivity index (χ1v) is 6.55. The summed E-state index contributed by atoms with van der Waals surface area (Å²) in [6, 6.07) is 5.78. The van der Waals surface area contributed by atoms with Crippen LogP contribution in [-0.4, -0.2) is 28.6 Å². The maximum Gasteiger partial charge on any atom is 0.303 e. The minimum atomic E-state index is -0.760. The summed E-state index contributed by atoms with van der Waals surface area (Å²) < 4.78 is 0. The lowest BCUT2D eigenvalue weighted by Gasteiger charge is -2.36. The van der Waals surface area contributed by atoms with E-state index in [0.717, 1.165) is 31.6 Å². The monoisotopic (exact) mass is 259 g/mol. The molecule has 5 heteroatoms. The molecule has 1 aromatic heterocycles. The van der Waals surface area contributed by atoms with Crippen LogP contribution in [0.2, 0.25) is 0 Å². The lowest BCUT2D eigenvalue weighted by atomic mass is 9.98. The zero-order valence-electron chi connectivity index (χ0n) is 10.7. The fraction of sp³-hybridized carbons (Fsp3) is 0.500. The van der Waals surface area contributed by atoms with Crippen LogP contribution in [0.1, 0.15) is 37.7 Å². The van der Waals surface area contributed by atoms with Crippen LogP contribution in [-0.2, 0) is 4.79 Å². The third-order valence-corrected chi connectivity index (χ3v) is 3.49. The fourth-order valence-electron chi connectivity index (χ4n) is 2.54. The van der Waals surface area contributed by atoms with Gasteiger partial charge in [-0.2, -0.15) is 5.26 Å². The van der Waals surface area contributed by atoms with Gasteiger partial charge in [-0.1, -0.05) is 0 Å². The summed E-state index contributed by atoms with van der Waals surface area (Å²) in [6.45, 7) is 0.881. The molecule has 1 aliphatic rings. The first kappa shape index (κ1) is 13.3. The van der Waals surface area contributed by atoms with E-state index in [1.165, 1.54) is 0 Å². The molecule has 1 fully saturated rings. The number of pyridine rings is 1. The Kier molecular flexibility index (Phi) is 4.35. The van der Waals surface area contributed by atoms with Crippen molar-refractivity contribution in [2.45, 2.75) is 38.1 Å². The van der Waals surface area contributed by atoms with E-state index in [9.17, 15) is 4.79 Å². The van der Waals surface area contributed by atoms with Gasteiger partial charge in [-0.25, -0.2) is 4.98 Å². The van der Waals surface area contributed by atoms with Gasteiger partial charge >= 0.3 is 5.97 Å². The van der Waals surface area contributed by atoms with Crippen molar-refractivity contribution in [3.05, 3.63) is 23.9 Å². The Bertz CT molecular complexity index is 496. The van der Waals surface area contributed by atoms with E-state index in [2.05, 4.69) is 16.0 Å². The van der Waals surface area contributed by atoms with E-state index in [1.54, 1.807) is 18.3 Å². The van der Waals surface area contributed by atoms with Crippen molar-refractivity contribution in [2.75, 3.05) is 11.4 Å². The summed E-state index contributed by atoms with van der Waals surface area (Å²) >= 11 is 0. The molecule has 100 valence electrons. The molecule has 1 N–H and O–H groups in total. The summed E-state index contributed by atoms with van der Waals surface area (Å²) in [5.41, 5.74) is 0.590. The Morgan fingerprint density at radius 1 is 1.58 bits per heavy atom. The molecule has 1 aromatic rings. The van der Waals surface area contributed by atoms with E-state index in [1.807, 2.05) is 0 Å². The number of piperidine rings is 1. The van der Waals surface area contributed by atoms with Gasteiger partial charge in [0.2, 0.25) is 0 Å². The molecule has 0 bridgehead atoms. The SMILES string of the molecule is N#Cc1ccnc(N2CCCCC2CCC(=O)O)c1. The molecular formula is C14H17N3O2. The molecule has 5 nitrogen and oxygen atoms in total. The fourth-order valence-corrected chi connectivity index (χ4v) is 2.54. The number of nitrogens with zero attached hydrogens (tertiary/aromatic N) is 3. The third-order valence-electron chi connectivity index (χ3n) is 3.49. The highest BCUT2D eigenvalue weighted by Gasteiger charge is 2.24. The maximum absolute atomic E-state index is 10.7. The molecule has 1 saturated heterocycles. The van der Waals surface area contributed by atoms with E-state index in [-0.39, 0.29) is 12.5 Å². The predicted octanol–water partition coefficient (Wildman–Crippen LogP) is 2.18. The van der Waals surface area contributed by atoms with Crippen LogP contribution < -0.4 is 4.90 Å². The number of aromatic nitrogens is 1. The van der Waals surface area contributed by atoms with Gasteiger partial charge in [0.1, 0.15) is 5.82 Å². The molecule has 0 aliphatic carbocycles. The number of carboxylic acids is 1.